The van der Waals surface area contributed by atoms with Crippen LogP contribution in [0.4, 0.5) is 0 Å². The lowest BCUT2D eigenvalue weighted by Crippen LogP contribution is -2.31. The Kier molecular flexibility index (Phi) is 6.05. The first-order valence-electron chi connectivity index (χ1n) is 8.65. The average Bonchev–Trinajstić information content (AvgIpc) is 2.63. The lowest BCUT2D eigenvalue weighted by Gasteiger charge is -2.40. The molecule has 2 aromatic carbocycles. The van der Waals surface area contributed by atoms with E-state index in [4.69, 9.17) is 32.7 Å². The third-order valence-electron chi connectivity index (χ3n) is 5.09. The van der Waals surface area contributed by atoms with Crippen molar-refractivity contribution >= 4 is 23.2 Å². The molecule has 3 rings (SSSR count). The summed E-state index contributed by atoms with van der Waals surface area (Å²) in [5.74, 6) is 1.38. The monoisotopic (exact) mass is 396 g/mol. The zero-order valence-electron chi connectivity index (χ0n) is 14.4. The minimum Gasteiger partial charge on any atom is -0.508 e. The van der Waals surface area contributed by atoms with Gasteiger partial charge < -0.3 is 19.7 Å². The van der Waals surface area contributed by atoms with E-state index in [9.17, 15) is 10.2 Å². The van der Waals surface area contributed by atoms with Crippen molar-refractivity contribution in [2.24, 2.45) is 0 Å². The molecule has 0 aromatic heterocycles. The van der Waals surface area contributed by atoms with Gasteiger partial charge >= 0.3 is 0 Å². The Morgan fingerprint density at radius 2 is 1.23 bits per heavy atom. The molecule has 2 N–H and O–H groups in total. The van der Waals surface area contributed by atoms with Crippen molar-refractivity contribution in [2.75, 3.05) is 12.1 Å². The molecule has 0 atom stereocenters. The summed E-state index contributed by atoms with van der Waals surface area (Å²) in [7, 11) is 0. The summed E-state index contributed by atoms with van der Waals surface area (Å²) in [6.07, 6.45) is 5.08. The predicted molar refractivity (Wildman–Crippen MR) is 103 cm³/mol. The van der Waals surface area contributed by atoms with Crippen molar-refractivity contribution < 1.29 is 19.7 Å². The van der Waals surface area contributed by atoms with Gasteiger partial charge in [-0.25, -0.2) is 0 Å². The zero-order chi connectivity index (χ0) is 18.6. The van der Waals surface area contributed by atoms with E-state index < -0.39 is 0 Å². The maximum atomic E-state index is 9.89. The molecule has 6 heteroatoms. The largest absolute Gasteiger partial charge is 0.508 e. The van der Waals surface area contributed by atoms with Crippen LogP contribution in [-0.2, 0) is 5.41 Å². The number of phenols is 2. The van der Waals surface area contributed by atoms with Gasteiger partial charge in [0, 0.05) is 28.7 Å². The van der Waals surface area contributed by atoms with Gasteiger partial charge in [0.25, 0.3) is 0 Å². The maximum Gasteiger partial charge on any atom is 0.162 e. The minimum absolute atomic E-state index is 0.00680. The van der Waals surface area contributed by atoms with Crippen molar-refractivity contribution in [3.8, 4) is 23.0 Å². The van der Waals surface area contributed by atoms with Crippen LogP contribution in [0.25, 0.3) is 0 Å². The number of benzene rings is 2. The van der Waals surface area contributed by atoms with Gasteiger partial charge in [-0.2, -0.15) is 0 Å². The molecule has 4 nitrogen and oxygen atoms in total. The highest BCUT2D eigenvalue weighted by Crippen LogP contribution is 2.51. The van der Waals surface area contributed by atoms with E-state index in [1.54, 1.807) is 24.3 Å². The predicted octanol–water partition coefficient (Wildman–Crippen LogP) is 5.50. The maximum absolute atomic E-state index is 9.89. The number of halogens is 2. The molecule has 0 spiro atoms. The van der Waals surface area contributed by atoms with Crippen molar-refractivity contribution in [1.82, 2.24) is 0 Å². The van der Waals surface area contributed by atoms with Gasteiger partial charge in [-0.1, -0.05) is 54.6 Å². The van der Waals surface area contributed by atoms with E-state index in [1.165, 1.54) is 0 Å². The second kappa shape index (κ2) is 8.28. The standard InChI is InChI=1S/C20H22Cl2O4/c21-12-25-18-10-14(23)4-6-16(18)20(8-2-1-3-9-20)17-7-5-15(24)11-19(17)26-13-22/h4-7,10-11,23-24H,1-3,8-9,12-13H2. The van der Waals surface area contributed by atoms with E-state index in [-0.39, 0.29) is 29.0 Å². The molecule has 140 valence electrons. The highest BCUT2D eigenvalue weighted by Gasteiger charge is 2.40. The molecule has 1 aliphatic rings. The van der Waals surface area contributed by atoms with Gasteiger partial charge in [-0.15, -0.1) is 0 Å². The summed E-state index contributed by atoms with van der Waals surface area (Å²) in [5, 5.41) is 19.8. The lowest BCUT2D eigenvalue weighted by atomic mass is 9.64. The Hall–Kier alpha value is -1.78. The van der Waals surface area contributed by atoms with Crippen LogP contribution < -0.4 is 9.47 Å². The molecule has 0 radical (unpaired) electrons. The molecule has 1 aliphatic carbocycles. The van der Waals surface area contributed by atoms with Crippen LogP contribution >= 0.6 is 23.2 Å². The number of hydrogen-bond donors (Lipinski definition) is 2. The van der Waals surface area contributed by atoms with Crippen molar-refractivity contribution in [3.63, 3.8) is 0 Å². The first-order valence-corrected chi connectivity index (χ1v) is 9.72. The van der Waals surface area contributed by atoms with Gasteiger partial charge in [-0.05, 0) is 25.0 Å². The fourth-order valence-corrected chi connectivity index (χ4v) is 4.24. The quantitative estimate of drug-likeness (QED) is 0.632. The Labute approximate surface area is 163 Å². The van der Waals surface area contributed by atoms with Gasteiger partial charge in [0.2, 0.25) is 0 Å². The van der Waals surface area contributed by atoms with Gasteiger partial charge in [0.1, 0.15) is 23.0 Å². The zero-order valence-corrected chi connectivity index (χ0v) is 15.9. The van der Waals surface area contributed by atoms with Crippen LogP contribution in [0.2, 0.25) is 0 Å². The van der Waals surface area contributed by atoms with Gasteiger partial charge in [0.05, 0.1) is 0 Å². The Bertz CT molecular complexity index is 700. The van der Waals surface area contributed by atoms with E-state index in [0.717, 1.165) is 43.2 Å². The first kappa shape index (κ1) is 19.0. The van der Waals surface area contributed by atoms with Crippen molar-refractivity contribution in [1.29, 1.82) is 0 Å². The van der Waals surface area contributed by atoms with Crippen LogP contribution in [0.1, 0.15) is 43.2 Å². The molecule has 0 heterocycles. The summed E-state index contributed by atoms with van der Waals surface area (Å²) in [5.41, 5.74) is 1.56. The third kappa shape index (κ3) is 3.67. The third-order valence-corrected chi connectivity index (χ3v) is 5.31. The fraction of sp³-hybridized carbons (Fsp3) is 0.400. The number of rotatable bonds is 6. The second-order valence-electron chi connectivity index (χ2n) is 6.51. The number of ether oxygens (including phenoxy) is 2. The topological polar surface area (TPSA) is 58.9 Å². The van der Waals surface area contributed by atoms with Crippen LogP contribution in [0, 0.1) is 0 Å². The fourth-order valence-electron chi connectivity index (χ4n) is 4.01. The average molecular weight is 397 g/mol. The first-order chi connectivity index (χ1) is 12.6. The molecule has 26 heavy (non-hydrogen) atoms. The minimum atomic E-state index is -0.359. The molecule has 1 saturated carbocycles. The number of alkyl halides is 2. The Morgan fingerprint density at radius 3 is 1.65 bits per heavy atom. The van der Waals surface area contributed by atoms with Gasteiger partial charge in [0.15, 0.2) is 12.1 Å². The smallest absolute Gasteiger partial charge is 0.162 e. The molecule has 0 bridgehead atoms. The Balaban J connectivity index is 2.21. The molecule has 0 saturated heterocycles. The van der Waals surface area contributed by atoms with Gasteiger partial charge in [-0.3, -0.25) is 0 Å². The number of hydrogen-bond acceptors (Lipinski definition) is 4. The van der Waals surface area contributed by atoms with Crippen LogP contribution in [0.15, 0.2) is 36.4 Å². The summed E-state index contributed by atoms with van der Waals surface area (Å²) in [6.45, 7) is 0. The van der Waals surface area contributed by atoms with Crippen molar-refractivity contribution in [3.05, 3.63) is 47.5 Å². The molecular formula is C20H22Cl2O4. The van der Waals surface area contributed by atoms with E-state index >= 15 is 0 Å². The van der Waals surface area contributed by atoms with Crippen molar-refractivity contribution in [2.45, 2.75) is 37.5 Å². The van der Waals surface area contributed by atoms with Crippen LogP contribution in [0.5, 0.6) is 23.0 Å². The summed E-state index contributed by atoms with van der Waals surface area (Å²) in [6, 6.07) is 10.3. The van der Waals surface area contributed by atoms with E-state index in [0.29, 0.717) is 11.5 Å². The second-order valence-corrected chi connectivity index (χ2v) is 6.95. The van der Waals surface area contributed by atoms with Crippen LogP contribution in [0.3, 0.4) is 0 Å². The normalized spacial score (nSPS) is 16.2. The highest BCUT2D eigenvalue weighted by molar-refractivity contribution is 6.17. The number of aromatic hydroxyl groups is 2. The molecular weight excluding hydrogens is 375 g/mol. The summed E-state index contributed by atoms with van der Waals surface area (Å²) < 4.78 is 11.3. The van der Waals surface area contributed by atoms with E-state index in [1.807, 2.05) is 12.1 Å². The summed E-state index contributed by atoms with van der Waals surface area (Å²) >= 11 is 11.6. The lowest BCUT2D eigenvalue weighted by molar-refractivity contribution is 0.304. The molecule has 0 unspecified atom stereocenters. The Morgan fingerprint density at radius 1 is 0.769 bits per heavy atom. The summed E-state index contributed by atoms with van der Waals surface area (Å²) in [4.78, 5) is 0. The molecule has 0 amide bonds. The van der Waals surface area contributed by atoms with E-state index in [2.05, 4.69) is 0 Å². The molecule has 0 aliphatic heterocycles. The van der Waals surface area contributed by atoms with Crippen LogP contribution in [-0.4, -0.2) is 22.3 Å². The number of phenolic OH excluding ortho intramolecular Hbond substituents is 2. The highest BCUT2D eigenvalue weighted by atomic mass is 35.5. The SMILES string of the molecule is Oc1ccc(C2(c3ccc(O)cc3OCCl)CCCCC2)c(OCCl)c1. The molecule has 2 aromatic rings. The molecule has 1 fully saturated rings.